The molecule has 1 aromatic heterocycles. The average molecular weight is 449 g/mol. The molecule has 0 aliphatic carbocycles. The number of hydrogen-bond donors (Lipinski definition) is 0. The van der Waals surface area contributed by atoms with Crippen LogP contribution >= 0.6 is 11.3 Å². The molecule has 0 bridgehead atoms. The third-order valence-corrected chi connectivity index (χ3v) is 7.77. The molecule has 0 saturated carbocycles. The fourth-order valence-electron chi connectivity index (χ4n) is 4.75. The molecule has 1 rings (SSSR count). The Hall–Kier alpha value is -0.300. The predicted molar refractivity (Wildman–Crippen MR) is 145 cm³/mol. The Morgan fingerprint density at radius 1 is 0.387 bits per heavy atom. The molecule has 182 valence electrons. The van der Waals surface area contributed by atoms with Crippen molar-refractivity contribution in [3.63, 3.8) is 0 Å². The second-order valence-electron chi connectivity index (χ2n) is 9.99. The third-order valence-electron chi connectivity index (χ3n) is 6.93. The highest BCUT2D eigenvalue weighted by molar-refractivity contribution is 7.08. The van der Waals surface area contributed by atoms with E-state index in [0.717, 1.165) is 0 Å². The Kier molecular flexibility index (Phi) is 21.2. The molecule has 0 saturated heterocycles. The maximum Gasteiger partial charge on any atom is -0.00584 e. The average Bonchev–Trinajstić information content (AvgIpc) is 3.23. The van der Waals surface area contributed by atoms with Crippen molar-refractivity contribution >= 4 is 11.3 Å². The van der Waals surface area contributed by atoms with Crippen LogP contribution < -0.4 is 0 Å². The molecule has 0 nitrogen and oxygen atoms in total. The van der Waals surface area contributed by atoms with Crippen LogP contribution in [-0.2, 0) is 12.8 Å². The normalized spacial score (nSPS) is 11.4. The van der Waals surface area contributed by atoms with Gasteiger partial charge in [0.2, 0.25) is 0 Å². The number of unbranched alkanes of at least 4 members (excludes halogenated alkanes) is 20. The smallest absolute Gasteiger partial charge is 0.00584 e. The Morgan fingerprint density at radius 2 is 0.645 bits per heavy atom. The molecule has 0 amide bonds. The molecule has 1 heteroatoms. The highest BCUT2D eigenvalue weighted by Crippen LogP contribution is 2.21. The van der Waals surface area contributed by atoms with Crippen LogP contribution in [0.25, 0.3) is 0 Å². The van der Waals surface area contributed by atoms with Gasteiger partial charge in [-0.2, -0.15) is 11.3 Å². The van der Waals surface area contributed by atoms with Gasteiger partial charge >= 0.3 is 0 Å². The summed E-state index contributed by atoms with van der Waals surface area (Å²) in [7, 11) is 0. The second kappa shape index (κ2) is 22.9. The Labute approximate surface area is 201 Å². The molecule has 0 unspecified atom stereocenters. The second-order valence-corrected chi connectivity index (χ2v) is 10.7. The molecule has 0 aromatic carbocycles. The summed E-state index contributed by atoms with van der Waals surface area (Å²) in [5.41, 5.74) is 3.35. The van der Waals surface area contributed by atoms with Crippen LogP contribution in [0.5, 0.6) is 0 Å². The van der Waals surface area contributed by atoms with Crippen molar-refractivity contribution in [2.24, 2.45) is 0 Å². The topological polar surface area (TPSA) is 0 Å². The van der Waals surface area contributed by atoms with Crippen LogP contribution in [0.4, 0.5) is 0 Å². The van der Waals surface area contributed by atoms with Gasteiger partial charge < -0.3 is 0 Å². The molecule has 0 aliphatic rings. The lowest BCUT2D eigenvalue weighted by Gasteiger charge is -2.06. The summed E-state index contributed by atoms with van der Waals surface area (Å²) in [6, 6.07) is 0. The van der Waals surface area contributed by atoms with Gasteiger partial charge in [0.15, 0.2) is 0 Å². The monoisotopic (exact) mass is 448 g/mol. The van der Waals surface area contributed by atoms with E-state index >= 15 is 0 Å². The lowest BCUT2D eigenvalue weighted by atomic mass is 9.99. The summed E-state index contributed by atoms with van der Waals surface area (Å²) in [6.45, 7) is 4.61. The van der Waals surface area contributed by atoms with Crippen molar-refractivity contribution in [1.82, 2.24) is 0 Å². The summed E-state index contributed by atoms with van der Waals surface area (Å²) in [5.74, 6) is 0. The van der Waals surface area contributed by atoms with Gasteiger partial charge in [0.05, 0.1) is 0 Å². The van der Waals surface area contributed by atoms with Crippen molar-refractivity contribution in [2.45, 2.75) is 168 Å². The van der Waals surface area contributed by atoms with E-state index in [-0.39, 0.29) is 0 Å². The molecule has 0 atom stereocenters. The standard InChI is InChI=1S/C30H56S/c1-3-5-7-9-11-13-15-16-18-20-22-24-26-30-28-31-27-29(30)25-23-21-19-17-14-12-10-8-6-4-2/h27-28H,3-26H2,1-2H3. The van der Waals surface area contributed by atoms with Crippen LogP contribution in [0.3, 0.4) is 0 Å². The fraction of sp³-hybridized carbons (Fsp3) is 0.867. The fourth-order valence-corrected chi connectivity index (χ4v) is 5.68. The molecular weight excluding hydrogens is 392 g/mol. The van der Waals surface area contributed by atoms with Gasteiger partial charge in [-0.3, -0.25) is 0 Å². The highest BCUT2D eigenvalue weighted by Gasteiger charge is 2.04. The van der Waals surface area contributed by atoms with Gasteiger partial charge in [-0.25, -0.2) is 0 Å². The van der Waals surface area contributed by atoms with E-state index in [4.69, 9.17) is 0 Å². The van der Waals surface area contributed by atoms with Crippen molar-refractivity contribution in [3.8, 4) is 0 Å². The maximum atomic E-state index is 2.43. The first-order valence-corrected chi connectivity index (χ1v) is 15.4. The highest BCUT2D eigenvalue weighted by atomic mass is 32.1. The Bertz CT molecular complexity index is 461. The van der Waals surface area contributed by atoms with Crippen LogP contribution in [0.1, 0.15) is 166 Å². The molecule has 0 fully saturated rings. The zero-order valence-electron chi connectivity index (χ0n) is 21.5. The van der Waals surface area contributed by atoms with Crippen molar-refractivity contribution in [3.05, 3.63) is 21.9 Å². The number of aryl methyl sites for hydroxylation is 2. The van der Waals surface area contributed by atoms with E-state index in [1.807, 2.05) is 11.3 Å². The van der Waals surface area contributed by atoms with E-state index in [1.165, 1.54) is 154 Å². The number of rotatable bonds is 24. The van der Waals surface area contributed by atoms with Gasteiger partial charge in [0.25, 0.3) is 0 Å². The van der Waals surface area contributed by atoms with Gasteiger partial charge in [0, 0.05) is 0 Å². The Morgan fingerprint density at radius 3 is 0.935 bits per heavy atom. The minimum absolute atomic E-state index is 1.33. The SMILES string of the molecule is CCCCCCCCCCCCCCc1cscc1CCCCCCCCCCCC. The molecule has 0 N–H and O–H groups in total. The molecule has 0 radical (unpaired) electrons. The number of thiophene rings is 1. The zero-order valence-corrected chi connectivity index (χ0v) is 22.4. The van der Waals surface area contributed by atoms with Crippen molar-refractivity contribution in [2.75, 3.05) is 0 Å². The summed E-state index contributed by atoms with van der Waals surface area (Å²) in [4.78, 5) is 0. The summed E-state index contributed by atoms with van der Waals surface area (Å²) in [6.07, 6.45) is 34.4. The van der Waals surface area contributed by atoms with Crippen LogP contribution in [0.2, 0.25) is 0 Å². The van der Waals surface area contributed by atoms with E-state index < -0.39 is 0 Å². The quantitative estimate of drug-likeness (QED) is 0.138. The van der Waals surface area contributed by atoms with Crippen LogP contribution in [0, 0.1) is 0 Å². The van der Waals surface area contributed by atoms with Crippen molar-refractivity contribution < 1.29 is 0 Å². The first-order chi connectivity index (χ1) is 15.4. The lowest BCUT2D eigenvalue weighted by Crippen LogP contribution is -1.92. The first-order valence-electron chi connectivity index (χ1n) is 14.4. The molecule has 0 spiro atoms. The van der Waals surface area contributed by atoms with Crippen LogP contribution in [-0.4, -0.2) is 0 Å². The minimum Gasteiger partial charge on any atom is -0.152 e. The molecule has 31 heavy (non-hydrogen) atoms. The number of hydrogen-bond acceptors (Lipinski definition) is 1. The van der Waals surface area contributed by atoms with E-state index in [1.54, 1.807) is 11.1 Å². The van der Waals surface area contributed by atoms with E-state index in [9.17, 15) is 0 Å². The van der Waals surface area contributed by atoms with E-state index in [0.29, 0.717) is 0 Å². The summed E-state index contributed by atoms with van der Waals surface area (Å²) >= 11 is 1.93. The minimum atomic E-state index is 1.33. The van der Waals surface area contributed by atoms with Gasteiger partial charge in [-0.15, -0.1) is 0 Å². The van der Waals surface area contributed by atoms with E-state index in [2.05, 4.69) is 24.6 Å². The molecule has 1 heterocycles. The van der Waals surface area contributed by atoms with Gasteiger partial charge in [-0.05, 0) is 47.6 Å². The first kappa shape index (κ1) is 28.7. The van der Waals surface area contributed by atoms with Gasteiger partial charge in [-0.1, -0.05) is 142 Å². The largest absolute Gasteiger partial charge is 0.152 e. The van der Waals surface area contributed by atoms with Crippen molar-refractivity contribution in [1.29, 1.82) is 0 Å². The third kappa shape index (κ3) is 17.9. The summed E-state index contributed by atoms with van der Waals surface area (Å²) in [5, 5.41) is 4.87. The zero-order chi connectivity index (χ0) is 22.2. The Balaban J connectivity index is 1.91. The summed E-state index contributed by atoms with van der Waals surface area (Å²) < 4.78 is 0. The predicted octanol–water partition coefficient (Wildman–Crippen LogP) is 11.5. The maximum absolute atomic E-state index is 2.43. The molecule has 1 aromatic rings. The van der Waals surface area contributed by atoms with Crippen LogP contribution in [0.15, 0.2) is 10.8 Å². The molecular formula is C30H56S. The van der Waals surface area contributed by atoms with Gasteiger partial charge in [0.1, 0.15) is 0 Å². The lowest BCUT2D eigenvalue weighted by molar-refractivity contribution is 0.543. The molecule has 0 aliphatic heterocycles.